The third-order valence-corrected chi connectivity index (χ3v) is 1.54. The van der Waals surface area contributed by atoms with Crippen LogP contribution in [0.3, 0.4) is 0 Å². The summed E-state index contributed by atoms with van der Waals surface area (Å²) in [5, 5.41) is 0. The van der Waals surface area contributed by atoms with Crippen LogP contribution in [-0.2, 0) is 4.79 Å². The lowest BCUT2D eigenvalue weighted by Crippen LogP contribution is -1.91. The lowest BCUT2D eigenvalue weighted by atomic mass is 10.1. The van der Waals surface area contributed by atoms with Crippen LogP contribution >= 0.6 is 0 Å². The fourth-order valence-electron chi connectivity index (χ4n) is 0.974. The van der Waals surface area contributed by atoms with Crippen molar-refractivity contribution in [2.75, 3.05) is 6.54 Å². The Morgan fingerprint density at radius 2 is 2.23 bits per heavy atom. The number of hydrogen-bond acceptors (Lipinski definition) is 3. The molecule has 1 aromatic rings. The molecule has 0 unspecified atom stereocenters. The Hall–Kier alpha value is -1.70. The molecule has 0 radical (unpaired) electrons. The van der Waals surface area contributed by atoms with Gasteiger partial charge < -0.3 is 5.73 Å². The van der Waals surface area contributed by atoms with Crippen LogP contribution in [-0.4, -0.2) is 12.6 Å². The van der Waals surface area contributed by atoms with Crippen LogP contribution < -0.4 is 5.73 Å². The van der Waals surface area contributed by atoms with Gasteiger partial charge >= 0.3 is 0 Å². The van der Waals surface area contributed by atoms with Crippen molar-refractivity contribution in [3.05, 3.63) is 35.9 Å². The van der Waals surface area contributed by atoms with Crippen LogP contribution in [0.2, 0.25) is 0 Å². The van der Waals surface area contributed by atoms with Gasteiger partial charge in [0.1, 0.15) is 0 Å². The van der Waals surface area contributed by atoms with Crippen LogP contribution in [0.4, 0.5) is 5.69 Å². The van der Waals surface area contributed by atoms with Crippen molar-refractivity contribution >= 4 is 17.8 Å². The first-order valence-electron chi connectivity index (χ1n) is 3.92. The van der Waals surface area contributed by atoms with Crippen molar-refractivity contribution in [3.8, 4) is 0 Å². The van der Waals surface area contributed by atoms with Gasteiger partial charge in [-0.1, -0.05) is 30.4 Å². The third kappa shape index (κ3) is 2.67. The summed E-state index contributed by atoms with van der Waals surface area (Å²) in [6, 6.07) is 7.30. The molecule has 0 aromatic heterocycles. The Labute approximate surface area is 76.6 Å². The highest BCUT2D eigenvalue weighted by Gasteiger charge is 1.94. The van der Waals surface area contributed by atoms with Gasteiger partial charge in [-0.2, -0.15) is 4.99 Å². The zero-order valence-corrected chi connectivity index (χ0v) is 7.10. The number of isocyanates is 1. The van der Waals surface area contributed by atoms with E-state index in [0.717, 1.165) is 5.56 Å². The van der Waals surface area contributed by atoms with E-state index in [9.17, 15) is 4.79 Å². The number of carbonyl (C=O) groups excluding carboxylic acids is 1. The predicted octanol–water partition coefficient (Wildman–Crippen LogP) is 1.63. The highest BCUT2D eigenvalue weighted by Crippen LogP contribution is 2.18. The Balaban J connectivity index is 3.04. The average Bonchev–Trinajstić information content (AvgIpc) is 2.17. The number of benzene rings is 1. The number of aliphatic imine (C=N–C) groups is 1. The minimum absolute atomic E-state index is 0.471. The van der Waals surface area contributed by atoms with E-state index in [4.69, 9.17) is 5.73 Å². The minimum atomic E-state index is 0.471. The van der Waals surface area contributed by atoms with Crippen molar-refractivity contribution < 1.29 is 4.79 Å². The van der Waals surface area contributed by atoms with Crippen molar-refractivity contribution in [1.82, 2.24) is 0 Å². The van der Waals surface area contributed by atoms with E-state index in [0.29, 0.717) is 12.2 Å². The fraction of sp³-hybridized carbons (Fsp3) is 0.100. The number of nitrogens with zero attached hydrogens (tertiary/aromatic N) is 1. The molecule has 0 aliphatic rings. The van der Waals surface area contributed by atoms with Gasteiger partial charge in [-0.05, 0) is 6.07 Å². The normalized spacial score (nSPS) is 9.92. The van der Waals surface area contributed by atoms with E-state index in [-0.39, 0.29) is 0 Å². The maximum absolute atomic E-state index is 10.1. The number of rotatable bonds is 3. The maximum atomic E-state index is 10.1. The largest absolute Gasteiger partial charge is 0.327 e. The van der Waals surface area contributed by atoms with Crippen LogP contribution in [0.5, 0.6) is 0 Å². The number of nitrogens with two attached hydrogens (primary N) is 1. The van der Waals surface area contributed by atoms with Gasteiger partial charge in [-0.15, -0.1) is 0 Å². The molecule has 0 heterocycles. The molecule has 3 heteroatoms. The molecule has 0 atom stereocenters. The van der Waals surface area contributed by atoms with Gasteiger partial charge in [0.25, 0.3) is 0 Å². The number of hydrogen-bond donors (Lipinski definition) is 1. The molecule has 1 rings (SSSR count). The summed E-state index contributed by atoms with van der Waals surface area (Å²) < 4.78 is 0. The molecule has 0 bridgehead atoms. The first kappa shape index (κ1) is 9.39. The molecule has 1 aromatic carbocycles. The van der Waals surface area contributed by atoms with Crippen molar-refractivity contribution in [2.24, 2.45) is 10.7 Å². The first-order valence-corrected chi connectivity index (χ1v) is 3.92. The smallest absolute Gasteiger partial charge is 0.240 e. The van der Waals surface area contributed by atoms with E-state index in [1.807, 2.05) is 24.3 Å². The van der Waals surface area contributed by atoms with Crippen molar-refractivity contribution in [3.63, 3.8) is 0 Å². The lowest BCUT2D eigenvalue weighted by Gasteiger charge is -1.96. The van der Waals surface area contributed by atoms with E-state index < -0.39 is 0 Å². The zero-order chi connectivity index (χ0) is 9.52. The molecule has 0 aliphatic carbocycles. The Kier molecular flexibility index (Phi) is 3.64. The Bertz CT molecular complexity index is 352. The van der Waals surface area contributed by atoms with Crippen molar-refractivity contribution in [2.45, 2.75) is 0 Å². The van der Waals surface area contributed by atoms with Gasteiger partial charge in [0.05, 0.1) is 5.69 Å². The molecule has 0 fully saturated rings. The second-order valence-electron chi connectivity index (χ2n) is 2.40. The van der Waals surface area contributed by atoms with Gasteiger partial charge in [-0.3, -0.25) is 0 Å². The monoisotopic (exact) mass is 174 g/mol. The van der Waals surface area contributed by atoms with Gasteiger partial charge in [0.2, 0.25) is 6.08 Å². The first-order chi connectivity index (χ1) is 6.38. The molecule has 3 nitrogen and oxygen atoms in total. The molecule has 0 amide bonds. The van der Waals surface area contributed by atoms with Gasteiger partial charge in [0, 0.05) is 12.1 Å². The minimum Gasteiger partial charge on any atom is -0.327 e. The molecular weight excluding hydrogens is 164 g/mol. The van der Waals surface area contributed by atoms with Crippen LogP contribution in [0.15, 0.2) is 35.3 Å². The van der Waals surface area contributed by atoms with E-state index in [2.05, 4.69) is 4.99 Å². The standard InChI is InChI=1S/C10H10N2O/c11-7-3-5-9-4-1-2-6-10(9)12-8-13/h1-6H,7,11H2. The second-order valence-corrected chi connectivity index (χ2v) is 2.40. The summed E-state index contributed by atoms with van der Waals surface area (Å²) in [5.41, 5.74) is 6.79. The van der Waals surface area contributed by atoms with Crippen LogP contribution in [0.1, 0.15) is 5.56 Å². The molecule has 66 valence electrons. The number of para-hydroxylation sites is 1. The Morgan fingerprint density at radius 3 is 2.92 bits per heavy atom. The summed E-state index contributed by atoms with van der Waals surface area (Å²) in [4.78, 5) is 13.6. The summed E-state index contributed by atoms with van der Waals surface area (Å²) in [6.45, 7) is 0.471. The summed E-state index contributed by atoms with van der Waals surface area (Å²) in [6.07, 6.45) is 5.14. The molecular formula is C10H10N2O. The zero-order valence-electron chi connectivity index (χ0n) is 7.10. The predicted molar refractivity (Wildman–Crippen MR) is 52.3 cm³/mol. The van der Waals surface area contributed by atoms with E-state index in [1.54, 1.807) is 12.1 Å². The molecule has 0 aliphatic heterocycles. The highest BCUT2D eigenvalue weighted by atomic mass is 16.1. The summed E-state index contributed by atoms with van der Waals surface area (Å²) >= 11 is 0. The van der Waals surface area contributed by atoms with Gasteiger partial charge in [-0.25, -0.2) is 4.79 Å². The molecule has 2 N–H and O–H groups in total. The molecule has 0 spiro atoms. The SMILES string of the molecule is NCC=Cc1ccccc1N=C=O. The van der Waals surface area contributed by atoms with E-state index in [1.165, 1.54) is 6.08 Å². The van der Waals surface area contributed by atoms with E-state index >= 15 is 0 Å². The Morgan fingerprint density at radius 1 is 1.46 bits per heavy atom. The molecule has 0 saturated heterocycles. The fourth-order valence-corrected chi connectivity index (χ4v) is 0.974. The van der Waals surface area contributed by atoms with Crippen molar-refractivity contribution in [1.29, 1.82) is 0 Å². The quantitative estimate of drug-likeness (QED) is 0.559. The van der Waals surface area contributed by atoms with Gasteiger partial charge in [0.15, 0.2) is 0 Å². The highest BCUT2D eigenvalue weighted by molar-refractivity contribution is 5.66. The second kappa shape index (κ2) is 5.04. The van der Waals surface area contributed by atoms with Crippen LogP contribution in [0, 0.1) is 0 Å². The summed E-state index contributed by atoms with van der Waals surface area (Å²) in [7, 11) is 0. The summed E-state index contributed by atoms with van der Waals surface area (Å²) in [5.74, 6) is 0. The molecule has 13 heavy (non-hydrogen) atoms. The topological polar surface area (TPSA) is 55.4 Å². The molecule has 0 saturated carbocycles. The average molecular weight is 174 g/mol. The third-order valence-electron chi connectivity index (χ3n) is 1.54. The van der Waals surface area contributed by atoms with Crippen LogP contribution in [0.25, 0.3) is 6.08 Å². The maximum Gasteiger partial charge on any atom is 0.240 e. The lowest BCUT2D eigenvalue weighted by molar-refractivity contribution is 0.565.